The molecule has 0 aromatic carbocycles. The Balaban J connectivity index is 1.74. The van der Waals surface area contributed by atoms with Gasteiger partial charge in [0.1, 0.15) is 0 Å². The van der Waals surface area contributed by atoms with Crippen LogP contribution in [0.25, 0.3) is 5.65 Å². The smallest absolute Gasteiger partial charge is 0.356 e. The van der Waals surface area contributed by atoms with E-state index >= 15 is 0 Å². The Morgan fingerprint density at radius 3 is 2.50 bits per heavy atom. The van der Waals surface area contributed by atoms with Crippen molar-refractivity contribution in [1.29, 1.82) is 0 Å². The third-order valence-corrected chi connectivity index (χ3v) is 5.72. The van der Waals surface area contributed by atoms with Crippen LogP contribution < -0.4 is 0 Å². The fourth-order valence-electron chi connectivity index (χ4n) is 4.46. The highest BCUT2D eigenvalue weighted by Crippen LogP contribution is 2.34. The molecule has 0 amide bonds. The van der Waals surface area contributed by atoms with Crippen LogP contribution in [0.1, 0.15) is 85.6 Å². The quantitative estimate of drug-likeness (QED) is 0.913. The predicted molar refractivity (Wildman–Crippen MR) is 91.4 cm³/mol. The van der Waals surface area contributed by atoms with E-state index in [4.69, 9.17) is 4.98 Å². The Labute approximate surface area is 142 Å². The lowest BCUT2D eigenvalue weighted by atomic mass is 9.86. The van der Waals surface area contributed by atoms with E-state index in [0.29, 0.717) is 11.6 Å². The van der Waals surface area contributed by atoms with Crippen molar-refractivity contribution in [2.24, 2.45) is 5.92 Å². The molecule has 0 unspecified atom stereocenters. The van der Waals surface area contributed by atoms with E-state index in [0.717, 1.165) is 18.0 Å². The molecule has 0 spiro atoms. The summed E-state index contributed by atoms with van der Waals surface area (Å²) < 4.78 is 1.79. The van der Waals surface area contributed by atoms with Gasteiger partial charge in [-0.1, -0.05) is 44.9 Å². The van der Waals surface area contributed by atoms with Crippen molar-refractivity contribution >= 4 is 11.6 Å². The minimum atomic E-state index is -0.979. The van der Waals surface area contributed by atoms with Gasteiger partial charge in [0.25, 0.3) is 0 Å². The monoisotopic (exact) mass is 327 g/mol. The van der Waals surface area contributed by atoms with Crippen LogP contribution in [0.2, 0.25) is 0 Å². The molecule has 128 valence electrons. The summed E-state index contributed by atoms with van der Waals surface area (Å²) in [6.07, 6.45) is 12.4. The normalized spacial score (nSPS) is 20.0. The van der Waals surface area contributed by atoms with Crippen LogP contribution in [-0.2, 0) is 6.42 Å². The molecule has 2 aromatic heterocycles. The first-order chi connectivity index (χ1) is 11.7. The maximum atomic E-state index is 11.3. The Morgan fingerprint density at radius 2 is 1.79 bits per heavy atom. The van der Waals surface area contributed by atoms with Crippen molar-refractivity contribution in [1.82, 2.24) is 14.6 Å². The van der Waals surface area contributed by atoms with E-state index in [1.807, 2.05) is 0 Å². The maximum Gasteiger partial charge on any atom is 0.356 e. The topological polar surface area (TPSA) is 67.5 Å². The highest BCUT2D eigenvalue weighted by Gasteiger charge is 2.23. The third kappa shape index (κ3) is 3.04. The van der Waals surface area contributed by atoms with Crippen molar-refractivity contribution in [3.63, 3.8) is 0 Å². The standard InChI is InChI=1S/C19H25N3O2/c23-19(24)16-12-18-20-15(10-13-6-4-5-7-13)11-17(22(18)21-16)14-8-2-1-3-9-14/h11-14H,1-10H2,(H,23,24). The number of hydrogen-bond acceptors (Lipinski definition) is 3. The molecule has 2 fully saturated rings. The molecule has 2 aliphatic carbocycles. The number of aromatic carboxylic acids is 1. The molecular formula is C19H25N3O2. The van der Waals surface area contributed by atoms with Gasteiger partial charge in [0, 0.05) is 23.4 Å². The van der Waals surface area contributed by atoms with Gasteiger partial charge >= 0.3 is 5.97 Å². The molecule has 0 saturated heterocycles. The van der Waals surface area contributed by atoms with E-state index in [9.17, 15) is 9.90 Å². The second-order valence-corrected chi connectivity index (χ2v) is 7.47. The van der Waals surface area contributed by atoms with Gasteiger partial charge in [-0.25, -0.2) is 14.3 Å². The lowest BCUT2D eigenvalue weighted by Crippen LogP contribution is -2.13. The number of carboxylic acids is 1. The number of fused-ring (bicyclic) bond motifs is 1. The number of rotatable bonds is 4. The van der Waals surface area contributed by atoms with Crippen LogP contribution in [0, 0.1) is 5.92 Å². The van der Waals surface area contributed by atoms with E-state index in [1.165, 1.54) is 63.5 Å². The molecule has 24 heavy (non-hydrogen) atoms. The molecule has 0 aliphatic heterocycles. The van der Waals surface area contributed by atoms with Crippen molar-refractivity contribution in [2.75, 3.05) is 0 Å². The van der Waals surface area contributed by atoms with E-state index in [2.05, 4.69) is 11.2 Å². The van der Waals surface area contributed by atoms with Crippen molar-refractivity contribution < 1.29 is 9.90 Å². The minimum Gasteiger partial charge on any atom is -0.476 e. The molecule has 2 heterocycles. The first kappa shape index (κ1) is 15.6. The molecule has 0 bridgehead atoms. The zero-order valence-corrected chi connectivity index (χ0v) is 14.1. The van der Waals surface area contributed by atoms with Gasteiger partial charge in [0.15, 0.2) is 11.3 Å². The van der Waals surface area contributed by atoms with Crippen molar-refractivity contribution in [2.45, 2.75) is 70.1 Å². The molecule has 4 rings (SSSR count). The first-order valence-corrected chi connectivity index (χ1v) is 9.33. The Morgan fingerprint density at radius 1 is 1.08 bits per heavy atom. The molecule has 0 atom stereocenters. The van der Waals surface area contributed by atoms with Gasteiger partial charge < -0.3 is 5.11 Å². The number of nitrogens with zero attached hydrogens (tertiary/aromatic N) is 3. The van der Waals surface area contributed by atoms with Gasteiger partial charge in [0.05, 0.1) is 0 Å². The van der Waals surface area contributed by atoms with Crippen LogP contribution in [0.4, 0.5) is 0 Å². The highest BCUT2D eigenvalue weighted by atomic mass is 16.4. The van der Waals surface area contributed by atoms with Gasteiger partial charge in [0.2, 0.25) is 0 Å². The molecule has 2 aliphatic rings. The Hall–Kier alpha value is -1.91. The Kier molecular flexibility index (Phi) is 4.25. The maximum absolute atomic E-state index is 11.3. The minimum absolute atomic E-state index is 0.0950. The van der Waals surface area contributed by atoms with Crippen LogP contribution in [-0.4, -0.2) is 25.7 Å². The lowest BCUT2D eigenvalue weighted by molar-refractivity contribution is 0.0690. The van der Waals surface area contributed by atoms with Crippen LogP contribution >= 0.6 is 0 Å². The number of hydrogen-bond donors (Lipinski definition) is 1. The van der Waals surface area contributed by atoms with Crippen molar-refractivity contribution in [3.05, 3.63) is 29.2 Å². The molecule has 5 heteroatoms. The van der Waals surface area contributed by atoms with E-state index < -0.39 is 5.97 Å². The van der Waals surface area contributed by atoms with Gasteiger partial charge in [-0.15, -0.1) is 0 Å². The molecule has 0 radical (unpaired) electrons. The lowest BCUT2D eigenvalue weighted by Gasteiger charge is -2.23. The summed E-state index contributed by atoms with van der Waals surface area (Å²) in [6.45, 7) is 0. The SMILES string of the molecule is O=C(O)c1cc2nc(CC3CCCC3)cc(C3CCCCC3)n2n1. The average Bonchev–Trinajstić information content (AvgIpc) is 3.24. The second kappa shape index (κ2) is 6.54. The average molecular weight is 327 g/mol. The number of carboxylic acid groups (broad SMARTS) is 1. The summed E-state index contributed by atoms with van der Waals surface area (Å²) in [5.41, 5.74) is 3.08. The molecule has 5 nitrogen and oxygen atoms in total. The number of aromatic nitrogens is 3. The van der Waals surface area contributed by atoms with Crippen LogP contribution in [0.3, 0.4) is 0 Å². The second-order valence-electron chi connectivity index (χ2n) is 7.47. The predicted octanol–water partition coefficient (Wildman–Crippen LogP) is 4.21. The summed E-state index contributed by atoms with van der Waals surface area (Å²) in [4.78, 5) is 16.1. The molecule has 2 aromatic rings. The van der Waals surface area contributed by atoms with Crippen LogP contribution in [0.5, 0.6) is 0 Å². The van der Waals surface area contributed by atoms with Gasteiger partial charge in [-0.05, 0) is 31.2 Å². The van der Waals surface area contributed by atoms with Crippen molar-refractivity contribution in [3.8, 4) is 0 Å². The third-order valence-electron chi connectivity index (χ3n) is 5.72. The molecule has 1 N–H and O–H groups in total. The summed E-state index contributed by atoms with van der Waals surface area (Å²) >= 11 is 0. The first-order valence-electron chi connectivity index (χ1n) is 9.33. The van der Waals surface area contributed by atoms with E-state index in [1.54, 1.807) is 10.6 Å². The fraction of sp³-hybridized carbons (Fsp3) is 0.632. The fourth-order valence-corrected chi connectivity index (χ4v) is 4.46. The molecule has 2 saturated carbocycles. The highest BCUT2D eigenvalue weighted by molar-refractivity contribution is 5.86. The summed E-state index contributed by atoms with van der Waals surface area (Å²) in [7, 11) is 0. The zero-order valence-electron chi connectivity index (χ0n) is 14.1. The van der Waals surface area contributed by atoms with E-state index in [-0.39, 0.29) is 5.69 Å². The van der Waals surface area contributed by atoms with Gasteiger partial charge in [-0.3, -0.25) is 0 Å². The molecular weight excluding hydrogens is 302 g/mol. The number of carbonyl (C=O) groups is 1. The summed E-state index contributed by atoms with van der Waals surface area (Å²) in [5.74, 6) is 0.238. The summed E-state index contributed by atoms with van der Waals surface area (Å²) in [5, 5.41) is 13.6. The van der Waals surface area contributed by atoms with Gasteiger partial charge in [-0.2, -0.15) is 5.10 Å². The largest absolute Gasteiger partial charge is 0.476 e. The summed E-state index contributed by atoms with van der Waals surface area (Å²) in [6, 6.07) is 3.83. The Bertz CT molecular complexity index is 740. The zero-order chi connectivity index (χ0) is 16.5. The van der Waals surface area contributed by atoms with Crippen LogP contribution in [0.15, 0.2) is 12.1 Å².